The average molecular weight is 323 g/mol. The summed E-state index contributed by atoms with van der Waals surface area (Å²) in [6.07, 6.45) is 6.24. The molecule has 2 rings (SSSR count). The van der Waals surface area contributed by atoms with Gasteiger partial charge in [-0.15, -0.1) is 12.4 Å². The number of nitrogens with two attached hydrogens (primary N) is 1. The second-order valence-electron chi connectivity index (χ2n) is 5.23. The Morgan fingerprint density at radius 3 is 2.77 bits per heavy atom. The molecule has 2 atom stereocenters. The molecule has 0 aliphatic rings. The van der Waals surface area contributed by atoms with Gasteiger partial charge in [0.25, 0.3) is 0 Å². The van der Waals surface area contributed by atoms with Gasteiger partial charge in [-0.1, -0.05) is 38.5 Å². The Bertz CT molecular complexity index is 586. The van der Waals surface area contributed by atoms with Crippen LogP contribution in [0.15, 0.2) is 43.0 Å². The lowest BCUT2D eigenvalue weighted by atomic mass is 9.99. The van der Waals surface area contributed by atoms with Crippen molar-refractivity contribution in [1.29, 1.82) is 0 Å². The normalized spacial score (nSPS) is 13.0. The smallest absolute Gasteiger partial charge is 0.237 e. The Morgan fingerprint density at radius 1 is 1.41 bits per heavy atom. The molecule has 0 aliphatic heterocycles. The third kappa shape index (κ3) is 4.32. The summed E-state index contributed by atoms with van der Waals surface area (Å²) in [6.45, 7) is 4.48. The Morgan fingerprint density at radius 2 is 2.14 bits per heavy atom. The van der Waals surface area contributed by atoms with Crippen molar-refractivity contribution in [2.24, 2.45) is 11.7 Å². The number of carbonyl (C=O) groups excluding carboxylic acids is 1. The van der Waals surface area contributed by atoms with Crippen LogP contribution in [-0.4, -0.2) is 21.5 Å². The highest BCUT2D eigenvalue weighted by atomic mass is 35.5. The Hall–Kier alpha value is -1.85. The monoisotopic (exact) mass is 322 g/mol. The summed E-state index contributed by atoms with van der Waals surface area (Å²) in [5, 5.41) is 2.92. The molecule has 1 aromatic carbocycles. The molecular weight excluding hydrogens is 300 g/mol. The molecule has 0 saturated carbocycles. The van der Waals surface area contributed by atoms with Crippen LogP contribution in [0.1, 0.15) is 25.8 Å². The van der Waals surface area contributed by atoms with E-state index in [1.807, 2.05) is 48.9 Å². The van der Waals surface area contributed by atoms with Crippen LogP contribution in [0.2, 0.25) is 0 Å². The van der Waals surface area contributed by atoms with Crippen molar-refractivity contribution in [2.75, 3.05) is 0 Å². The van der Waals surface area contributed by atoms with Gasteiger partial charge in [0.1, 0.15) is 0 Å². The molecule has 22 heavy (non-hydrogen) atoms. The minimum Gasteiger partial charge on any atom is -0.351 e. The average Bonchev–Trinajstić information content (AvgIpc) is 3.05. The summed E-state index contributed by atoms with van der Waals surface area (Å²) in [5.41, 5.74) is 7.98. The van der Waals surface area contributed by atoms with E-state index in [1.54, 1.807) is 12.5 Å². The first-order valence-corrected chi connectivity index (χ1v) is 7.23. The van der Waals surface area contributed by atoms with Crippen molar-refractivity contribution in [3.63, 3.8) is 0 Å². The van der Waals surface area contributed by atoms with Crippen molar-refractivity contribution in [2.45, 2.75) is 32.9 Å². The van der Waals surface area contributed by atoms with E-state index in [9.17, 15) is 4.79 Å². The number of halogens is 1. The van der Waals surface area contributed by atoms with Crippen LogP contribution in [0, 0.1) is 5.92 Å². The lowest BCUT2D eigenvalue weighted by Gasteiger charge is -2.18. The molecule has 0 bridgehead atoms. The number of carbonyl (C=O) groups is 1. The molecule has 0 fully saturated rings. The first-order chi connectivity index (χ1) is 10.1. The van der Waals surface area contributed by atoms with Crippen LogP contribution in [0.25, 0.3) is 5.69 Å². The SMILES string of the molecule is CCC(C)C(N)C(=O)NCc1ccccc1-n1ccnc1.Cl. The van der Waals surface area contributed by atoms with E-state index in [4.69, 9.17) is 5.73 Å². The minimum atomic E-state index is -0.463. The standard InChI is InChI=1S/C16H22N4O.ClH/c1-3-12(2)15(17)16(21)19-10-13-6-4-5-7-14(13)20-9-8-18-11-20;/h4-9,11-12,15H,3,10,17H2,1-2H3,(H,19,21);1H. The predicted octanol–water partition coefficient (Wildman–Crippen LogP) is 2.28. The Labute approximate surface area is 137 Å². The molecule has 0 saturated heterocycles. The lowest BCUT2D eigenvalue weighted by Crippen LogP contribution is -2.44. The highest BCUT2D eigenvalue weighted by Crippen LogP contribution is 2.14. The summed E-state index contributed by atoms with van der Waals surface area (Å²) >= 11 is 0. The quantitative estimate of drug-likeness (QED) is 0.857. The number of para-hydroxylation sites is 1. The first kappa shape index (κ1) is 18.2. The second-order valence-corrected chi connectivity index (χ2v) is 5.23. The number of imidazole rings is 1. The van der Waals surface area contributed by atoms with Gasteiger partial charge in [0.05, 0.1) is 18.1 Å². The van der Waals surface area contributed by atoms with Gasteiger partial charge in [0.2, 0.25) is 5.91 Å². The highest BCUT2D eigenvalue weighted by Gasteiger charge is 2.19. The number of hydrogen-bond donors (Lipinski definition) is 2. The molecule has 120 valence electrons. The maximum Gasteiger partial charge on any atom is 0.237 e. The van der Waals surface area contributed by atoms with E-state index in [0.717, 1.165) is 17.7 Å². The Balaban J connectivity index is 0.00000242. The molecule has 5 nitrogen and oxygen atoms in total. The van der Waals surface area contributed by atoms with Gasteiger partial charge in [0.15, 0.2) is 0 Å². The van der Waals surface area contributed by atoms with E-state index >= 15 is 0 Å². The summed E-state index contributed by atoms with van der Waals surface area (Å²) in [4.78, 5) is 16.1. The predicted molar refractivity (Wildman–Crippen MR) is 90.1 cm³/mol. The van der Waals surface area contributed by atoms with Gasteiger partial charge in [0, 0.05) is 18.9 Å². The molecule has 1 aromatic heterocycles. The zero-order valence-corrected chi connectivity index (χ0v) is 13.7. The van der Waals surface area contributed by atoms with E-state index in [0.29, 0.717) is 6.54 Å². The fourth-order valence-corrected chi connectivity index (χ4v) is 2.13. The number of rotatable bonds is 6. The molecular formula is C16H23ClN4O. The Kier molecular flexibility index (Phi) is 7.08. The van der Waals surface area contributed by atoms with E-state index in [-0.39, 0.29) is 24.2 Å². The molecule has 0 radical (unpaired) electrons. The van der Waals surface area contributed by atoms with E-state index in [2.05, 4.69) is 10.3 Å². The van der Waals surface area contributed by atoms with Crippen LogP contribution in [0.3, 0.4) is 0 Å². The van der Waals surface area contributed by atoms with Crippen LogP contribution in [0.4, 0.5) is 0 Å². The number of nitrogens with zero attached hydrogens (tertiary/aromatic N) is 2. The summed E-state index contributed by atoms with van der Waals surface area (Å²) in [6, 6.07) is 7.44. The van der Waals surface area contributed by atoms with Gasteiger partial charge in [-0.2, -0.15) is 0 Å². The third-order valence-corrected chi connectivity index (χ3v) is 3.79. The van der Waals surface area contributed by atoms with Crippen LogP contribution in [-0.2, 0) is 11.3 Å². The number of amides is 1. The molecule has 6 heteroatoms. The lowest BCUT2D eigenvalue weighted by molar-refractivity contribution is -0.123. The number of benzene rings is 1. The largest absolute Gasteiger partial charge is 0.351 e. The van der Waals surface area contributed by atoms with E-state index < -0.39 is 6.04 Å². The van der Waals surface area contributed by atoms with Crippen molar-refractivity contribution >= 4 is 18.3 Å². The molecule has 1 amide bonds. The topological polar surface area (TPSA) is 72.9 Å². The maximum absolute atomic E-state index is 12.1. The zero-order chi connectivity index (χ0) is 15.2. The molecule has 0 aliphatic carbocycles. The van der Waals surface area contributed by atoms with Crippen molar-refractivity contribution < 1.29 is 4.79 Å². The number of hydrogen-bond acceptors (Lipinski definition) is 3. The molecule has 3 N–H and O–H groups in total. The van der Waals surface area contributed by atoms with Gasteiger partial charge >= 0.3 is 0 Å². The summed E-state index contributed by atoms with van der Waals surface area (Å²) in [7, 11) is 0. The zero-order valence-electron chi connectivity index (χ0n) is 12.9. The van der Waals surface area contributed by atoms with Crippen molar-refractivity contribution in [3.05, 3.63) is 48.5 Å². The first-order valence-electron chi connectivity index (χ1n) is 7.23. The van der Waals surface area contributed by atoms with Crippen molar-refractivity contribution in [1.82, 2.24) is 14.9 Å². The van der Waals surface area contributed by atoms with Gasteiger partial charge < -0.3 is 15.6 Å². The summed E-state index contributed by atoms with van der Waals surface area (Å²) in [5.74, 6) is 0.0682. The van der Waals surface area contributed by atoms with Crippen molar-refractivity contribution in [3.8, 4) is 5.69 Å². The highest BCUT2D eigenvalue weighted by molar-refractivity contribution is 5.85. The van der Waals surface area contributed by atoms with Crippen LogP contribution < -0.4 is 11.1 Å². The number of nitrogens with one attached hydrogen (secondary N) is 1. The second kappa shape index (κ2) is 8.56. The van der Waals surface area contributed by atoms with Gasteiger partial charge in [-0.25, -0.2) is 4.98 Å². The maximum atomic E-state index is 12.1. The third-order valence-electron chi connectivity index (χ3n) is 3.79. The number of aromatic nitrogens is 2. The molecule has 2 aromatic rings. The van der Waals surface area contributed by atoms with E-state index in [1.165, 1.54) is 0 Å². The molecule has 1 heterocycles. The fraction of sp³-hybridized carbons (Fsp3) is 0.375. The molecule has 0 spiro atoms. The minimum absolute atomic E-state index is 0. The van der Waals surface area contributed by atoms with Crippen LogP contribution >= 0.6 is 12.4 Å². The van der Waals surface area contributed by atoms with Crippen LogP contribution in [0.5, 0.6) is 0 Å². The fourth-order valence-electron chi connectivity index (χ4n) is 2.13. The molecule has 2 unspecified atom stereocenters. The van der Waals surface area contributed by atoms with Gasteiger partial charge in [-0.05, 0) is 17.5 Å². The van der Waals surface area contributed by atoms with Gasteiger partial charge in [-0.3, -0.25) is 4.79 Å². The summed E-state index contributed by atoms with van der Waals surface area (Å²) < 4.78 is 1.93.